The topological polar surface area (TPSA) is 66.9 Å². The molecule has 0 atom stereocenters. The number of aryl methyl sites for hydroxylation is 1. The third kappa shape index (κ3) is 4.84. The Morgan fingerprint density at radius 2 is 2.19 bits per heavy atom. The highest BCUT2D eigenvalue weighted by Gasteiger charge is 2.01. The summed E-state index contributed by atoms with van der Waals surface area (Å²) in [4.78, 5) is 19.6. The zero-order chi connectivity index (χ0) is 11.8. The Morgan fingerprint density at radius 1 is 1.38 bits per heavy atom. The van der Waals surface area contributed by atoms with Crippen molar-refractivity contribution < 1.29 is 4.79 Å². The van der Waals surface area contributed by atoms with Gasteiger partial charge in [0, 0.05) is 12.6 Å². The minimum Gasteiger partial charge on any atom is -0.350 e. The van der Waals surface area contributed by atoms with E-state index in [-0.39, 0.29) is 5.91 Å². The van der Waals surface area contributed by atoms with Crippen molar-refractivity contribution >= 4 is 5.91 Å². The summed E-state index contributed by atoms with van der Waals surface area (Å²) >= 11 is 0. The first-order valence-corrected chi connectivity index (χ1v) is 5.41. The minimum atomic E-state index is 0.0534. The molecule has 16 heavy (non-hydrogen) atoms. The standard InChI is InChI=1S/C11H18N4O/c1-9-6-14-10(7-13-9)8-15-11(16)4-3-5-12-2/h6-7,12H,3-5,8H2,1-2H3,(H,15,16). The number of amides is 1. The normalized spacial score (nSPS) is 10.1. The summed E-state index contributed by atoms with van der Waals surface area (Å²) in [6.07, 6.45) is 4.77. The Labute approximate surface area is 95.7 Å². The molecule has 0 unspecified atom stereocenters. The second kappa shape index (κ2) is 6.90. The molecule has 0 bridgehead atoms. The Kier molecular flexibility index (Phi) is 5.42. The molecule has 0 fully saturated rings. The van der Waals surface area contributed by atoms with Crippen LogP contribution in [0.15, 0.2) is 12.4 Å². The lowest BCUT2D eigenvalue weighted by Crippen LogP contribution is -2.24. The van der Waals surface area contributed by atoms with Crippen LogP contribution in [0.5, 0.6) is 0 Å². The number of carbonyl (C=O) groups is 1. The maximum Gasteiger partial charge on any atom is 0.220 e. The van der Waals surface area contributed by atoms with Gasteiger partial charge in [-0.05, 0) is 26.9 Å². The Morgan fingerprint density at radius 3 is 2.81 bits per heavy atom. The molecule has 1 aromatic rings. The lowest BCUT2D eigenvalue weighted by molar-refractivity contribution is -0.121. The van der Waals surface area contributed by atoms with Crippen LogP contribution in [-0.4, -0.2) is 29.5 Å². The van der Waals surface area contributed by atoms with Crippen LogP contribution in [0.25, 0.3) is 0 Å². The monoisotopic (exact) mass is 222 g/mol. The molecule has 1 heterocycles. The van der Waals surface area contributed by atoms with Crippen molar-refractivity contribution in [1.82, 2.24) is 20.6 Å². The first-order valence-electron chi connectivity index (χ1n) is 5.41. The number of nitrogens with zero attached hydrogens (tertiary/aromatic N) is 2. The van der Waals surface area contributed by atoms with Gasteiger partial charge in [0.2, 0.25) is 5.91 Å². The number of carbonyl (C=O) groups excluding carboxylic acids is 1. The van der Waals surface area contributed by atoms with E-state index in [0.717, 1.165) is 24.4 Å². The van der Waals surface area contributed by atoms with Crippen molar-refractivity contribution in [3.8, 4) is 0 Å². The van der Waals surface area contributed by atoms with Crippen LogP contribution in [0.1, 0.15) is 24.2 Å². The van der Waals surface area contributed by atoms with Crippen LogP contribution in [0, 0.1) is 6.92 Å². The fourth-order valence-electron chi connectivity index (χ4n) is 1.21. The number of rotatable bonds is 6. The molecule has 0 aromatic carbocycles. The van der Waals surface area contributed by atoms with E-state index in [4.69, 9.17) is 0 Å². The van der Waals surface area contributed by atoms with E-state index in [0.29, 0.717) is 13.0 Å². The molecule has 5 heteroatoms. The van der Waals surface area contributed by atoms with Crippen molar-refractivity contribution in [3.05, 3.63) is 23.8 Å². The molecule has 1 aromatic heterocycles. The SMILES string of the molecule is CNCCCC(=O)NCc1cnc(C)cn1. The van der Waals surface area contributed by atoms with Crippen LogP contribution in [0.3, 0.4) is 0 Å². The van der Waals surface area contributed by atoms with E-state index in [1.807, 2.05) is 14.0 Å². The van der Waals surface area contributed by atoms with Crippen LogP contribution >= 0.6 is 0 Å². The minimum absolute atomic E-state index is 0.0534. The highest BCUT2D eigenvalue weighted by atomic mass is 16.1. The third-order valence-electron chi connectivity index (χ3n) is 2.13. The fourth-order valence-corrected chi connectivity index (χ4v) is 1.21. The van der Waals surface area contributed by atoms with Gasteiger partial charge in [-0.15, -0.1) is 0 Å². The fraction of sp³-hybridized carbons (Fsp3) is 0.545. The Bertz CT molecular complexity index is 323. The summed E-state index contributed by atoms with van der Waals surface area (Å²) < 4.78 is 0. The summed E-state index contributed by atoms with van der Waals surface area (Å²) in [7, 11) is 1.87. The zero-order valence-electron chi connectivity index (χ0n) is 9.79. The molecule has 88 valence electrons. The molecule has 1 rings (SSSR count). The predicted molar refractivity (Wildman–Crippen MR) is 61.8 cm³/mol. The van der Waals surface area contributed by atoms with Gasteiger partial charge < -0.3 is 10.6 Å². The molecule has 0 aliphatic carbocycles. The molecule has 0 radical (unpaired) electrons. The van der Waals surface area contributed by atoms with E-state index in [9.17, 15) is 4.79 Å². The van der Waals surface area contributed by atoms with Gasteiger partial charge in [-0.1, -0.05) is 0 Å². The number of hydrogen-bond acceptors (Lipinski definition) is 4. The van der Waals surface area contributed by atoms with Crippen molar-refractivity contribution in [1.29, 1.82) is 0 Å². The smallest absolute Gasteiger partial charge is 0.220 e. The maximum absolute atomic E-state index is 11.4. The highest BCUT2D eigenvalue weighted by molar-refractivity contribution is 5.75. The average molecular weight is 222 g/mol. The zero-order valence-corrected chi connectivity index (χ0v) is 9.79. The van der Waals surface area contributed by atoms with Gasteiger partial charge in [-0.3, -0.25) is 14.8 Å². The van der Waals surface area contributed by atoms with E-state index in [1.54, 1.807) is 12.4 Å². The molecule has 0 aliphatic heterocycles. The van der Waals surface area contributed by atoms with Crippen molar-refractivity contribution in [3.63, 3.8) is 0 Å². The first kappa shape index (κ1) is 12.6. The predicted octanol–water partition coefficient (Wildman–Crippen LogP) is 0.401. The van der Waals surface area contributed by atoms with Crippen LogP contribution in [0.2, 0.25) is 0 Å². The van der Waals surface area contributed by atoms with Gasteiger partial charge in [-0.25, -0.2) is 0 Å². The maximum atomic E-state index is 11.4. The highest BCUT2D eigenvalue weighted by Crippen LogP contribution is 1.94. The lowest BCUT2D eigenvalue weighted by atomic mass is 10.3. The molecular formula is C11H18N4O. The van der Waals surface area contributed by atoms with Crippen molar-refractivity contribution in [2.75, 3.05) is 13.6 Å². The van der Waals surface area contributed by atoms with E-state index < -0.39 is 0 Å². The molecule has 0 saturated heterocycles. The molecule has 0 saturated carbocycles. The summed E-state index contributed by atoms with van der Waals surface area (Å²) in [5, 5.41) is 5.81. The Hall–Kier alpha value is -1.49. The summed E-state index contributed by atoms with van der Waals surface area (Å²) in [5.74, 6) is 0.0534. The van der Waals surface area contributed by atoms with Crippen LogP contribution in [-0.2, 0) is 11.3 Å². The molecule has 1 amide bonds. The molecule has 5 nitrogen and oxygen atoms in total. The van der Waals surface area contributed by atoms with Gasteiger partial charge in [0.05, 0.1) is 24.1 Å². The second-order valence-electron chi connectivity index (χ2n) is 3.63. The summed E-state index contributed by atoms with van der Waals surface area (Å²) in [6.45, 7) is 3.19. The number of aromatic nitrogens is 2. The lowest BCUT2D eigenvalue weighted by Gasteiger charge is -2.04. The average Bonchev–Trinajstić information content (AvgIpc) is 2.29. The van der Waals surface area contributed by atoms with E-state index in [1.165, 1.54) is 0 Å². The summed E-state index contributed by atoms with van der Waals surface area (Å²) in [5.41, 5.74) is 1.66. The largest absolute Gasteiger partial charge is 0.350 e. The van der Waals surface area contributed by atoms with Crippen LogP contribution < -0.4 is 10.6 Å². The summed E-state index contributed by atoms with van der Waals surface area (Å²) in [6, 6.07) is 0. The quantitative estimate of drug-likeness (QED) is 0.684. The molecule has 2 N–H and O–H groups in total. The Balaban J connectivity index is 2.23. The van der Waals surface area contributed by atoms with Gasteiger partial charge in [0.25, 0.3) is 0 Å². The number of nitrogens with one attached hydrogen (secondary N) is 2. The molecular weight excluding hydrogens is 204 g/mol. The van der Waals surface area contributed by atoms with E-state index >= 15 is 0 Å². The molecule has 0 spiro atoms. The van der Waals surface area contributed by atoms with Crippen LogP contribution in [0.4, 0.5) is 0 Å². The van der Waals surface area contributed by atoms with E-state index in [2.05, 4.69) is 20.6 Å². The van der Waals surface area contributed by atoms with Gasteiger partial charge >= 0.3 is 0 Å². The van der Waals surface area contributed by atoms with Gasteiger partial charge in [0.15, 0.2) is 0 Å². The van der Waals surface area contributed by atoms with Gasteiger partial charge in [-0.2, -0.15) is 0 Å². The first-order chi connectivity index (χ1) is 7.72. The molecule has 0 aliphatic rings. The van der Waals surface area contributed by atoms with Crippen molar-refractivity contribution in [2.24, 2.45) is 0 Å². The van der Waals surface area contributed by atoms with Gasteiger partial charge in [0.1, 0.15) is 0 Å². The second-order valence-corrected chi connectivity index (χ2v) is 3.63. The van der Waals surface area contributed by atoms with Crippen molar-refractivity contribution in [2.45, 2.75) is 26.3 Å². The number of hydrogen-bond donors (Lipinski definition) is 2. The third-order valence-corrected chi connectivity index (χ3v) is 2.13.